The van der Waals surface area contributed by atoms with Gasteiger partial charge in [-0.1, -0.05) is 45.0 Å². The number of amides is 1. The van der Waals surface area contributed by atoms with E-state index >= 15 is 0 Å². The molecule has 5 nitrogen and oxygen atoms in total. The lowest BCUT2D eigenvalue weighted by molar-refractivity contribution is -0.123. The summed E-state index contributed by atoms with van der Waals surface area (Å²) in [5.41, 5.74) is 2.80. The second-order valence-corrected chi connectivity index (χ2v) is 9.27. The topological polar surface area (TPSA) is 38.8 Å². The molecule has 2 fully saturated rings. The summed E-state index contributed by atoms with van der Waals surface area (Å²) < 4.78 is 0. The number of nitrogens with zero attached hydrogens (tertiary/aromatic N) is 3. The SMILES string of the molecule is CCN1CCN(CC(=O)NC2CCCN(Cc3ccc(CC(C)C)cc3)C2)CC1. The van der Waals surface area contributed by atoms with E-state index < -0.39 is 0 Å². The predicted molar refractivity (Wildman–Crippen MR) is 120 cm³/mol. The van der Waals surface area contributed by atoms with Gasteiger partial charge in [-0.05, 0) is 49.4 Å². The molecule has 2 heterocycles. The molecular weight excluding hydrogens is 360 g/mol. The van der Waals surface area contributed by atoms with Gasteiger partial charge in [0.05, 0.1) is 6.54 Å². The van der Waals surface area contributed by atoms with Gasteiger partial charge in [-0.2, -0.15) is 0 Å². The maximum absolute atomic E-state index is 12.5. The lowest BCUT2D eigenvalue weighted by atomic mass is 10.0. The van der Waals surface area contributed by atoms with E-state index in [1.54, 1.807) is 0 Å². The fraction of sp³-hybridized carbons (Fsp3) is 0.708. The second kappa shape index (κ2) is 11.1. The van der Waals surface area contributed by atoms with E-state index in [2.05, 4.69) is 65.1 Å². The summed E-state index contributed by atoms with van der Waals surface area (Å²) in [6, 6.07) is 9.38. The number of hydrogen-bond donors (Lipinski definition) is 1. The van der Waals surface area contributed by atoms with Crippen LogP contribution in [0.25, 0.3) is 0 Å². The molecule has 1 atom stereocenters. The first-order valence-electron chi connectivity index (χ1n) is 11.6. The molecule has 1 N–H and O–H groups in total. The second-order valence-electron chi connectivity index (χ2n) is 9.27. The van der Waals surface area contributed by atoms with E-state index in [0.717, 1.165) is 71.6 Å². The van der Waals surface area contributed by atoms with Gasteiger partial charge >= 0.3 is 0 Å². The Labute approximate surface area is 177 Å². The third-order valence-electron chi connectivity index (χ3n) is 6.22. The van der Waals surface area contributed by atoms with Crippen LogP contribution in [-0.2, 0) is 17.8 Å². The summed E-state index contributed by atoms with van der Waals surface area (Å²) in [5.74, 6) is 0.891. The molecule has 2 saturated heterocycles. The highest BCUT2D eigenvalue weighted by Crippen LogP contribution is 2.16. The van der Waals surface area contributed by atoms with Gasteiger partial charge in [0, 0.05) is 45.3 Å². The van der Waals surface area contributed by atoms with E-state index in [9.17, 15) is 4.79 Å². The summed E-state index contributed by atoms with van der Waals surface area (Å²) in [7, 11) is 0. The first kappa shape index (κ1) is 22.3. The molecule has 1 aromatic carbocycles. The molecule has 2 aliphatic heterocycles. The molecule has 0 bridgehead atoms. The van der Waals surface area contributed by atoms with Gasteiger partial charge in [-0.25, -0.2) is 0 Å². The maximum atomic E-state index is 12.5. The van der Waals surface area contributed by atoms with E-state index in [0.29, 0.717) is 12.5 Å². The molecule has 2 aliphatic rings. The molecule has 0 aliphatic carbocycles. The van der Waals surface area contributed by atoms with Crippen molar-refractivity contribution in [2.75, 3.05) is 52.4 Å². The van der Waals surface area contributed by atoms with Crippen LogP contribution in [0.4, 0.5) is 0 Å². The number of benzene rings is 1. The smallest absolute Gasteiger partial charge is 0.234 e. The van der Waals surface area contributed by atoms with Crippen molar-refractivity contribution in [3.8, 4) is 0 Å². The van der Waals surface area contributed by atoms with Crippen molar-refractivity contribution in [3.63, 3.8) is 0 Å². The molecule has 5 heteroatoms. The molecule has 1 aromatic rings. The molecule has 1 unspecified atom stereocenters. The standard InChI is InChI=1S/C24H40N4O/c1-4-26-12-14-27(15-13-26)19-24(29)25-23-6-5-11-28(18-23)17-22-9-7-21(8-10-22)16-20(2)3/h7-10,20,23H,4-6,11-19H2,1-3H3,(H,25,29). The van der Waals surface area contributed by atoms with Crippen LogP contribution in [0.15, 0.2) is 24.3 Å². The monoisotopic (exact) mass is 400 g/mol. The number of piperazine rings is 1. The molecule has 0 aromatic heterocycles. The number of piperidine rings is 1. The summed E-state index contributed by atoms with van der Waals surface area (Å²) in [6.45, 7) is 15.6. The Hall–Kier alpha value is -1.43. The van der Waals surface area contributed by atoms with E-state index in [1.807, 2.05) is 0 Å². The molecule has 3 rings (SSSR count). The normalized spacial score (nSPS) is 22.1. The molecule has 29 heavy (non-hydrogen) atoms. The first-order chi connectivity index (χ1) is 14.0. The Balaban J connectivity index is 1.41. The van der Waals surface area contributed by atoms with Crippen molar-refractivity contribution in [3.05, 3.63) is 35.4 Å². The minimum absolute atomic E-state index is 0.194. The van der Waals surface area contributed by atoms with Crippen LogP contribution in [0, 0.1) is 5.92 Å². The largest absolute Gasteiger partial charge is 0.351 e. The van der Waals surface area contributed by atoms with Gasteiger partial charge in [0.1, 0.15) is 0 Å². The Bertz CT molecular complexity index is 622. The van der Waals surface area contributed by atoms with Crippen molar-refractivity contribution in [1.29, 1.82) is 0 Å². The third kappa shape index (κ3) is 7.40. The number of nitrogens with one attached hydrogen (secondary N) is 1. The van der Waals surface area contributed by atoms with Gasteiger partial charge in [0.2, 0.25) is 5.91 Å². The molecule has 0 radical (unpaired) electrons. The Morgan fingerprint density at radius 1 is 1.00 bits per heavy atom. The van der Waals surface area contributed by atoms with Crippen molar-refractivity contribution >= 4 is 5.91 Å². The van der Waals surface area contributed by atoms with Crippen LogP contribution in [0.2, 0.25) is 0 Å². The number of hydrogen-bond acceptors (Lipinski definition) is 4. The summed E-state index contributed by atoms with van der Waals surface area (Å²) >= 11 is 0. The van der Waals surface area contributed by atoms with E-state index in [-0.39, 0.29) is 11.9 Å². The zero-order valence-electron chi connectivity index (χ0n) is 18.7. The van der Waals surface area contributed by atoms with Crippen LogP contribution in [0.1, 0.15) is 44.7 Å². The van der Waals surface area contributed by atoms with Crippen LogP contribution in [0.5, 0.6) is 0 Å². The first-order valence-corrected chi connectivity index (χ1v) is 11.6. The zero-order valence-corrected chi connectivity index (χ0v) is 18.7. The molecule has 1 amide bonds. The third-order valence-corrected chi connectivity index (χ3v) is 6.22. The Morgan fingerprint density at radius 2 is 1.66 bits per heavy atom. The fourth-order valence-electron chi connectivity index (χ4n) is 4.57. The lowest BCUT2D eigenvalue weighted by Gasteiger charge is -2.35. The van der Waals surface area contributed by atoms with Crippen LogP contribution in [-0.4, -0.2) is 79.0 Å². The number of rotatable bonds is 8. The molecular formula is C24H40N4O. The van der Waals surface area contributed by atoms with Crippen molar-refractivity contribution in [1.82, 2.24) is 20.0 Å². The van der Waals surface area contributed by atoms with Gasteiger partial charge in [0.25, 0.3) is 0 Å². The van der Waals surface area contributed by atoms with Crippen molar-refractivity contribution < 1.29 is 4.79 Å². The van der Waals surface area contributed by atoms with Gasteiger partial charge in [0.15, 0.2) is 0 Å². The Morgan fingerprint density at radius 3 is 2.31 bits per heavy atom. The van der Waals surface area contributed by atoms with E-state index in [4.69, 9.17) is 0 Å². The molecule has 0 spiro atoms. The van der Waals surface area contributed by atoms with Crippen LogP contribution >= 0.6 is 0 Å². The average Bonchev–Trinajstić information content (AvgIpc) is 2.70. The summed E-state index contributed by atoms with van der Waals surface area (Å²) in [6.07, 6.45) is 3.40. The summed E-state index contributed by atoms with van der Waals surface area (Å²) in [5, 5.41) is 3.30. The quantitative estimate of drug-likeness (QED) is 0.728. The zero-order chi connectivity index (χ0) is 20.6. The highest BCUT2D eigenvalue weighted by molar-refractivity contribution is 5.78. The highest BCUT2D eigenvalue weighted by atomic mass is 16.2. The lowest BCUT2D eigenvalue weighted by Crippen LogP contribution is -2.52. The number of carbonyl (C=O) groups is 1. The van der Waals surface area contributed by atoms with Crippen LogP contribution < -0.4 is 5.32 Å². The minimum atomic E-state index is 0.194. The number of likely N-dealkylation sites (N-methyl/N-ethyl adjacent to an activating group) is 1. The molecule has 162 valence electrons. The average molecular weight is 401 g/mol. The summed E-state index contributed by atoms with van der Waals surface area (Å²) in [4.78, 5) is 19.8. The van der Waals surface area contributed by atoms with Crippen molar-refractivity contribution in [2.45, 2.75) is 52.6 Å². The maximum Gasteiger partial charge on any atom is 0.234 e. The minimum Gasteiger partial charge on any atom is -0.351 e. The fourth-order valence-corrected chi connectivity index (χ4v) is 4.57. The van der Waals surface area contributed by atoms with Crippen LogP contribution in [0.3, 0.4) is 0 Å². The highest BCUT2D eigenvalue weighted by Gasteiger charge is 2.23. The molecule has 0 saturated carbocycles. The van der Waals surface area contributed by atoms with Gasteiger partial charge in [-0.15, -0.1) is 0 Å². The predicted octanol–water partition coefficient (Wildman–Crippen LogP) is 2.60. The Kier molecular flexibility index (Phi) is 8.52. The van der Waals surface area contributed by atoms with Gasteiger partial charge < -0.3 is 10.2 Å². The number of carbonyl (C=O) groups excluding carboxylic acids is 1. The van der Waals surface area contributed by atoms with Crippen molar-refractivity contribution in [2.24, 2.45) is 5.92 Å². The van der Waals surface area contributed by atoms with E-state index in [1.165, 1.54) is 11.1 Å². The number of likely N-dealkylation sites (tertiary alicyclic amines) is 1. The van der Waals surface area contributed by atoms with Gasteiger partial charge in [-0.3, -0.25) is 14.6 Å².